The monoisotopic (exact) mass is 369 g/mol. The molecule has 1 fully saturated rings. The molecule has 1 aliphatic rings. The van der Waals surface area contributed by atoms with Crippen LogP contribution in [0.25, 0.3) is 10.9 Å². The van der Waals surface area contributed by atoms with Gasteiger partial charge in [-0.1, -0.05) is 25.3 Å². The molecule has 3 rings (SSSR count). The first-order valence-electron chi connectivity index (χ1n) is 8.04. The van der Waals surface area contributed by atoms with Crippen molar-refractivity contribution in [2.75, 3.05) is 6.54 Å². The average Bonchev–Trinajstić information content (AvgIpc) is 2.54. The zero-order valence-electron chi connectivity index (χ0n) is 13.8. The van der Waals surface area contributed by atoms with Gasteiger partial charge in [-0.3, -0.25) is 4.98 Å². The van der Waals surface area contributed by atoms with Crippen LogP contribution in [0.5, 0.6) is 0 Å². The van der Waals surface area contributed by atoms with Crippen molar-refractivity contribution in [1.29, 1.82) is 0 Å². The van der Waals surface area contributed by atoms with Gasteiger partial charge < -0.3 is 5.73 Å². The second kappa shape index (κ2) is 7.35. The van der Waals surface area contributed by atoms with E-state index in [1.807, 2.05) is 6.92 Å². The SMILES string of the molecule is Cc1ccc(S(=O)(=O)NCC2(N)CCCCC2)c2cccnc12.Cl. The Balaban J connectivity index is 0.00000208. The van der Waals surface area contributed by atoms with Crippen LogP contribution in [0.3, 0.4) is 0 Å². The summed E-state index contributed by atoms with van der Waals surface area (Å²) in [4.78, 5) is 4.57. The third-order valence-electron chi connectivity index (χ3n) is 4.68. The molecule has 1 heterocycles. The second-order valence-corrected chi connectivity index (χ2v) is 8.26. The fourth-order valence-corrected chi connectivity index (χ4v) is 4.61. The molecule has 1 aromatic carbocycles. The summed E-state index contributed by atoms with van der Waals surface area (Å²) in [7, 11) is -3.61. The van der Waals surface area contributed by atoms with E-state index in [1.165, 1.54) is 6.42 Å². The molecule has 0 saturated heterocycles. The first-order chi connectivity index (χ1) is 10.9. The van der Waals surface area contributed by atoms with Crippen molar-refractivity contribution >= 4 is 33.3 Å². The van der Waals surface area contributed by atoms with E-state index in [0.29, 0.717) is 5.39 Å². The maximum Gasteiger partial charge on any atom is 0.241 e. The second-order valence-electron chi connectivity index (χ2n) is 6.53. The van der Waals surface area contributed by atoms with E-state index in [9.17, 15) is 8.42 Å². The standard InChI is InChI=1S/C17H23N3O2S.ClH/c1-13-7-8-15(14-6-5-11-19-16(13)14)23(21,22)20-12-17(18)9-3-2-4-10-17;/h5-8,11,20H,2-4,9-10,12,18H2,1H3;1H. The van der Waals surface area contributed by atoms with Gasteiger partial charge in [-0.25, -0.2) is 13.1 Å². The largest absolute Gasteiger partial charge is 0.324 e. The maximum atomic E-state index is 12.7. The van der Waals surface area contributed by atoms with E-state index in [4.69, 9.17) is 5.73 Å². The Hall–Kier alpha value is -1.21. The molecule has 2 aromatic rings. The summed E-state index contributed by atoms with van der Waals surface area (Å²) < 4.78 is 28.2. The molecule has 132 valence electrons. The smallest absolute Gasteiger partial charge is 0.241 e. The van der Waals surface area contributed by atoms with Gasteiger partial charge in [0.2, 0.25) is 10.0 Å². The Kier molecular flexibility index (Phi) is 5.86. The van der Waals surface area contributed by atoms with E-state index < -0.39 is 15.6 Å². The number of nitrogens with two attached hydrogens (primary N) is 1. The Morgan fingerprint density at radius 1 is 1.21 bits per heavy atom. The lowest BCUT2D eigenvalue weighted by atomic mass is 9.83. The van der Waals surface area contributed by atoms with Crippen molar-refractivity contribution in [3.63, 3.8) is 0 Å². The van der Waals surface area contributed by atoms with Gasteiger partial charge in [-0.05, 0) is 43.5 Å². The van der Waals surface area contributed by atoms with Crippen molar-refractivity contribution < 1.29 is 8.42 Å². The van der Waals surface area contributed by atoms with Gasteiger partial charge in [-0.2, -0.15) is 0 Å². The minimum absolute atomic E-state index is 0. The fourth-order valence-electron chi connectivity index (χ4n) is 3.27. The molecule has 1 aliphatic carbocycles. The van der Waals surface area contributed by atoms with Crippen molar-refractivity contribution in [1.82, 2.24) is 9.71 Å². The van der Waals surface area contributed by atoms with Crippen molar-refractivity contribution in [2.45, 2.75) is 49.5 Å². The molecule has 0 amide bonds. The molecule has 0 unspecified atom stereocenters. The number of aromatic nitrogens is 1. The molecule has 24 heavy (non-hydrogen) atoms. The summed E-state index contributed by atoms with van der Waals surface area (Å²) in [6.07, 6.45) is 6.72. The Morgan fingerprint density at radius 2 is 1.92 bits per heavy atom. The lowest BCUT2D eigenvalue weighted by Gasteiger charge is -2.33. The number of pyridine rings is 1. The summed E-state index contributed by atoms with van der Waals surface area (Å²) in [6.45, 7) is 2.21. The normalized spacial score (nSPS) is 17.4. The molecule has 1 aromatic heterocycles. The van der Waals surface area contributed by atoms with Crippen LogP contribution >= 0.6 is 12.4 Å². The number of hydrogen-bond acceptors (Lipinski definition) is 4. The molecule has 3 N–H and O–H groups in total. The highest BCUT2D eigenvalue weighted by molar-refractivity contribution is 7.89. The van der Waals surface area contributed by atoms with E-state index in [1.54, 1.807) is 30.5 Å². The maximum absolute atomic E-state index is 12.7. The number of hydrogen-bond donors (Lipinski definition) is 2. The molecule has 0 bridgehead atoms. The van der Waals surface area contributed by atoms with Crippen LogP contribution in [0, 0.1) is 6.92 Å². The predicted octanol–water partition coefficient (Wildman–Crippen LogP) is 2.90. The summed E-state index contributed by atoms with van der Waals surface area (Å²) in [5, 5.41) is 0.648. The number of nitrogens with zero attached hydrogens (tertiary/aromatic N) is 1. The number of sulfonamides is 1. The van der Waals surface area contributed by atoms with Gasteiger partial charge in [0.05, 0.1) is 10.4 Å². The summed E-state index contributed by atoms with van der Waals surface area (Å²) >= 11 is 0. The van der Waals surface area contributed by atoms with E-state index in [-0.39, 0.29) is 23.8 Å². The minimum Gasteiger partial charge on any atom is -0.324 e. The highest BCUT2D eigenvalue weighted by Gasteiger charge is 2.29. The molecule has 7 heteroatoms. The number of nitrogens with one attached hydrogen (secondary N) is 1. The molecule has 5 nitrogen and oxygen atoms in total. The van der Waals surface area contributed by atoms with Gasteiger partial charge in [-0.15, -0.1) is 12.4 Å². The highest BCUT2D eigenvalue weighted by Crippen LogP contribution is 2.27. The Morgan fingerprint density at radius 3 is 2.62 bits per heavy atom. The molecule has 0 radical (unpaired) electrons. The van der Waals surface area contributed by atoms with Crippen LogP contribution in [-0.2, 0) is 10.0 Å². The lowest BCUT2D eigenvalue weighted by Crippen LogP contribution is -2.51. The van der Waals surface area contributed by atoms with Gasteiger partial charge in [0.25, 0.3) is 0 Å². The summed E-state index contributed by atoms with van der Waals surface area (Å²) in [5.74, 6) is 0. The number of fused-ring (bicyclic) bond motifs is 1. The van der Waals surface area contributed by atoms with Crippen LogP contribution < -0.4 is 10.5 Å². The quantitative estimate of drug-likeness (QED) is 0.867. The molecular formula is C17H24ClN3O2S. The summed E-state index contributed by atoms with van der Waals surface area (Å²) in [6, 6.07) is 6.99. The van der Waals surface area contributed by atoms with E-state index >= 15 is 0 Å². The first kappa shape index (κ1) is 19.1. The van der Waals surface area contributed by atoms with Gasteiger partial charge in [0, 0.05) is 23.7 Å². The van der Waals surface area contributed by atoms with Crippen molar-refractivity contribution in [3.8, 4) is 0 Å². The number of halogens is 1. The number of benzene rings is 1. The number of rotatable bonds is 4. The third-order valence-corrected chi connectivity index (χ3v) is 6.14. The topological polar surface area (TPSA) is 85.1 Å². The molecule has 0 aliphatic heterocycles. The van der Waals surface area contributed by atoms with Crippen LogP contribution in [-0.4, -0.2) is 25.5 Å². The zero-order valence-corrected chi connectivity index (χ0v) is 15.4. The van der Waals surface area contributed by atoms with E-state index in [2.05, 4.69) is 9.71 Å². The van der Waals surface area contributed by atoms with Gasteiger partial charge in [0.15, 0.2) is 0 Å². The lowest BCUT2D eigenvalue weighted by molar-refractivity contribution is 0.296. The predicted molar refractivity (Wildman–Crippen MR) is 98.9 cm³/mol. The zero-order chi connectivity index (χ0) is 16.5. The first-order valence-corrected chi connectivity index (χ1v) is 9.53. The Bertz CT molecular complexity index is 818. The Labute approximate surface area is 149 Å². The molecular weight excluding hydrogens is 346 g/mol. The fraction of sp³-hybridized carbons (Fsp3) is 0.471. The molecule has 0 atom stereocenters. The molecule has 1 saturated carbocycles. The summed E-state index contributed by atoms with van der Waals surface area (Å²) in [5.41, 5.74) is 7.59. The average molecular weight is 370 g/mol. The van der Waals surface area contributed by atoms with Gasteiger partial charge >= 0.3 is 0 Å². The van der Waals surface area contributed by atoms with Crippen molar-refractivity contribution in [3.05, 3.63) is 36.0 Å². The number of aryl methyl sites for hydroxylation is 1. The minimum atomic E-state index is -3.61. The molecule has 0 spiro atoms. The van der Waals surface area contributed by atoms with Crippen LogP contribution in [0.15, 0.2) is 35.4 Å². The van der Waals surface area contributed by atoms with Gasteiger partial charge in [0.1, 0.15) is 0 Å². The van der Waals surface area contributed by atoms with Crippen LogP contribution in [0.1, 0.15) is 37.7 Å². The van der Waals surface area contributed by atoms with Crippen molar-refractivity contribution in [2.24, 2.45) is 5.73 Å². The highest BCUT2D eigenvalue weighted by atomic mass is 35.5. The van der Waals surface area contributed by atoms with Crippen LogP contribution in [0.2, 0.25) is 0 Å². The van der Waals surface area contributed by atoms with E-state index in [0.717, 1.165) is 36.8 Å². The third kappa shape index (κ3) is 3.88. The van der Waals surface area contributed by atoms with Crippen LogP contribution in [0.4, 0.5) is 0 Å².